The summed E-state index contributed by atoms with van der Waals surface area (Å²) in [4.78, 5) is 12.5. The molecule has 0 atom stereocenters. The zero-order valence-corrected chi connectivity index (χ0v) is 19.2. The van der Waals surface area contributed by atoms with Crippen LogP contribution in [0.4, 0.5) is 10.1 Å². The van der Waals surface area contributed by atoms with Gasteiger partial charge in [0.2, 0.25) is 0 Å². The third kappa shape index (κ3) is 5.93. The average Bonchev–Trinajstić information content (AvgIpc) is 2.74. The zero-order valence-electron chi connectivity index (χ0n) is 16.1. The largest absolute Gasteiger partial charge is 0.486 e. The number of nitrogens with one attached hydrogen (secondary N) is 1. The van der Waals surface area contributed by atoms with E-state index in [2.05, 4.69) is 5.32 Å². The molecular formula is C23H13Cl4FN2O2. The van der Waals surface area contributed by atoms with E-state index in [9.17, 15) is 14.4 Å². The molecule has 0 unspecified atom stereocenters. The molecule has 32 heavy (non-hydrogen) atoms. The molecule has 0 spiro atoms. The van der Waals surface area contributed by atoms with Crippen molar-refractivity contribution in [2.45, 2.75) is 6.61 Å². The van der Waals surface area contributed by atoms with E-state index in [4.69, 9.17) is 51.1 Å². The molecule has 0 fully saturated rings. The predicted molar refractivity (Wildman–Crippen MR) is 126 cm³/mol. The van der Waals surface area contributed by atoms with Crippen LogP contribution in [-0.2, 0) is 11.4 Å². The van der Waals surface area contributed by atoms with E-state index < -0.39 is 5.91 Å². The van der Waals surface area contributed by atoms with Gasteiger partial charge in [0.25, 0.3) is 5.91 Å². The van der Waals surface area contributed by atoms with Crippen LogP contribution in [0.15, 0.2) is 60.2 Å². The molecule has 0 heterocycles. The molecule has 4 nitrogen and oxygen atoms in total. The summed E-state index contributed by atoms with van der Waals surface area (Å²) in [5.41, 5.74) is 1.07. The number of halogens is 5. The van der Waals surface area contributed by atoms with E-state index in [0.717, 1.165) is 0 Å². The lowest BCUT2D eigenvalue weighted by Crippen LogP contribution is -2.13. The van der Waals surface area contributed by atoms with E-state index in [1.165, 1.54) is 30.3 Å². The van der Waals surface area contributed by atoms with Gasteiger partial charge in [0, 0.05) is 0 Å². The summed E-state index contributed by atoms with van der Waals surface area (Å²) in [6.07, 6.45) is 1.32. The monoisotopic (exact) mass is 508 g/mol. The highest BCUT2D eigenvalue weighted by atomic mass is 35.5. The molecule has 1 amide bonds. The Bertz CT molecular complexity index is 1230. The van der Waals surface area contributed by atoms with Gasteiger partial charge in [-0.25, -0.2) is 4.39 Å². The molecule has 0 radical (unpaired) electrons. The van der Waals surface area contributed by atoms with Gasteiger partial charge < -0.3 is 10.1 Å². The third-order valence-corrected chi connectivity index (χ3v) is 5.55. The SMILES string of the molecule is N#C/C(=C/c1cc(Cl)c(OCc2cccc(F)c2)c(Cl)c1)C(=O)Nc1cccc(Cl)c1Cl. The molecule has 0 bridgehead atoms. The highest BCUT2D eigenvalue weighted by Gasteiger charge is 2.15. The van der Waals surface area contributed by atoms with Gasteiger partial charge in [-0.05, 0) is 53.6 Å². The topological polar surface area (TPSA) is 62.1 Å². The van der Waals surface area contributed by atoms with Gasteiger partial charge in [0.05, 0.1) is 25.8 Å². The Morgan fingerprint density at radius 1 is 1.03 bits per heavy atom. The van der Waals surface area contributed by atoms with Crippen LogP contribution in [0.5, 0.6) is 5.75 Å². The van der Waals surface area contributed by atoms with Gasteiger partial charge in [-0.15, -0.1) is 0 Å². The number of rotatable bonds is 6. The van der Waals surface area contributed by atoms with Crippen molar-refractivity contribution in [2.24, 2.45) is 0 Å². The van der Waals surface area contributed by atoms with Crippen molar-refractivity contribution in [1.82, 2.24) is 0 Å². The van der Waals surface area contributed by atoms with Crippen LogP contribution < -0.4 is 10.1 Å². The first-order valence-electron chi connectivity index (χ1n) is 9.02. The summed E-state index contributed by atoms with van der Waals surface area (Å²) >= 11 is 24.6. The lowest BCUT2D eigenvalue weighted by Gasteiger charge is -2.11. The summed E-state index contributed by atoms with van der Waals surface area (Å²) < 4.78 is 18.9. The lowest BCUT2D eigenvalue weighted by atomic mass is 10.1. The Labute approximate surface area is 203 Å². The fourth-order valence-electron chi connectivity index (χ4n) is 2.69. The molecular weight excluding hydrogens is 497 g/mol. The maximum Gasteiger partial charge on any atom is 0.266 e. The second-order valence-corrected chi connectivity index (χ2v) is 8.06. The number of ether oxygens (including phenoxy) is 1. The molecule has 0 saturated heterocycles. The zero-order chi connectivity index (χ0) is 23.3. The van der Waals surface area contributed by atoms with Crippen molar-refractivity contribution < 1.29 is 13.9 Å². The van der Waals surface area contributed by atoms with Crippen molar-refractivity contribution >= 4 is 64.1 Å². The van der Waals surface area contributed by atoms with Crippen molar-refractivity contribution in [2.75, 3.05) is 5.32 Å². The number of hydrogen-bond acceptors (Lipinski definition) is 3. The minimum atomic E-state index is -0.685. The molecule has 0 aliphatic rings. The first-order chi connectivity index (χ1) is 15.3. The molecule has 0 aliphatic carbocycles. The second-order valence-electron chi connectivity index (χ2n) is 6.46. The number of nitriles is 1. The maximum absolute atomic E-state index is 13.3. The van der Waals surface area contributed by atoms with E-state index in [-0.39, 0.29) is 49.5 Å². The molecule has 0 saturated carbocycles. The number of benzene rings is 3. The highest BCUT2D eigenvalue weighted by Crippen LogP contribution is 2.36. The minimum absolute atomic E-state index is 0.0542. The van der Waals surface area contributed by atoms with Gasteiger partial charge in [-0.3, -0.25) is 4.79 Å². The van der Waals surface area contributed by atoms with Crippen molar-refractivity contribution in [3.63, 3.8) is 0 Å². The van der Waals surface area contributed by atoms with Crippen LogP contribution in [0.25, 0.3) is 6.08 Å². The van der Waals surface area contributed by atoms with E-state index in [0.29, 0.717) is 11.1 Å². The molecule has 162 valence electrons. The summed E-state index contributed by atoms with van der Waals surface area (Å²) in [5.74, 6) is -0.871. The molecule has 0 aromatic heterocycles. The standard InChI is InChI=1S/C23H13Cl4FN2O2/c24-17-5-2-6-20(21(17)27)30-23(31)15(11-29)7-14-9-18(25)22(19(26)10-14)32-12-13-3-1-4-16(28)8-13/h1-10H,12H2,(H,30,31)/b15-7-. The molecule has 3 rings (SSSR count). The van der Waals surface area contributed by atoms with Gasteiger partial charge >= 0.3 is 0 Å². The molecule has 3 aromatic carbocycles. The first-order valence-corrected chi connectivity index (χ1v) is 10.5. The van der Waals surface area contributed by atoms with Gasteiger partial charge in [0.1, 0.15) is 24.1 Å². The Hall–Kier alpha value is -2.75. The minimum Gasteiger partial charge on any atom is -0.486 e. The number of nitrogens with zero attached hydrogens (tertiary/aromatic N) is 1. The Morgan fingerprint density at radius 3 is 2.38 bits per heavy atom. The Balaban J connectivity index is 1.79. The molecule has 9 heteroatoms. The van der Waals surface area contributed by atoms with Crippen LogP contribution in [0.1, 0.15) is 11.1 Å². The van der Waals surface area contributed by atoms with E-state index in [1.54, 1.807) is 30.3 Å². The van der Waals surface area contributed by atoms with Crippen LogP contribution in [0.2, 0.25) is 20.1 Å². The highest BCUT2D eigenvalue weighted by molar-refractivity contribution is 6.44. The summed E-state index contributed by atoms with van der Waals surface area (Å²) in [6, 6.07) is 15.5. The fourth-order valence-corrected chi connectivity index (χ4v) is 3.65. The Morgan fingerprint density at radius 2 is 1.72 bits per heavy atom. The number of anilines is 1. The normalized spacial score (nSPS) is 11.1. The number of hydrogen-bond donors (Lipinski definition) is 1. The number of amides is 1. The van der Waals surface area contributed by atoms with Crippen LogP contribution in [-0.4, -0.2) is 5.91 Å². The molecule has 1 N–H and O–H groups in total. The second kappa shape index (κ2) is 10.7. The van der Waals surface area contributed by atoms with E-state index in [1.807, 2.05) is 6.07 Å². The quantitative estimate of drug-likeness (QED) is 0.275. The van der Waals surface area contributed by atoms with Crippen LogP contribution in [0, 0.1) is 17.1 Å². The number of carbonyl (C=O) groups is 1. The predicted octanol–water partition coefficient (Wildman–Crippen LogP) is 7.56. The van der Waals surface area contributed by atoms with Crippen molar-refractivity contribution in [1.29, 1.82) is 5.26 Å². The van der Waals surface area contributed by atoms with Crippen LogP contribution >= 0.6 is 46.4 Å². The third-order valence-electron chi connectivity index (χ3n) is 4.17. The Kier molecular flexibility index (Phi) is 8.00. The fraction of sp³-hybridized carbons (Fsp3) is 0.0435. The van der Waals surface area contributed by atoms with Gasteiger partial charge in [-0.1, -0.05) is 64.6 Å². The van der Waals surface area contributed by atoms with Gasteiger partial charge in [0.15, 0.2) is 5.75 Å². The molecule has 0 aliphatic heterocycles. The summed E-state index contributed by atoms with van der Waals surface area (Å²) in [6.45, 7) is 0.0542. The molecule has 3 aromatic rings. The summed E-state index contributed by atoms with van der Waals surface area (Å²) in [7, 11) is 0. The van der Waals surface area contributed by atoms with Crippen LogP contribution in [0.3, 0.4) is 0 Å². The van der Waals surface area contributed by atoms with Crippen molar-refractivity contribution in [3.8, 4) is 11.8 Å². The maximum atomic E-state index is 13.3. The average molecular weight is 510 g/mol. The smallest absolute Gasteiger partial charge is 0.266 e. The van der Waals surface area contributed by atoms with E-state index >= 15 is 0 Å². The lowest BCUT2D eigenvalue weighted by molar-refractivity contribution is -0.112. The van der Waals surface area contributed by atoms with Gasteiger partial charge in [-0.2, -0.15) is 5.26 Å². The summed E-state index contributed by atoms with van der Waals surface area (Å²) in [5, 5.41) is 12.7. The van der Waals surface area contributed by atoms with Crippen molar-refractivity contribution in [3.05, 3.63) is 97.2 Å². The first kappa shape index (κ1) is 23.9. The number of carbonyl (C=O) groups excluding carboxylic acids is 1.